The highest BCUT2D eigenvalue weighted by Gasteiger charge is 2.20. The van der Waals surface area contributed by atoms with Crippen LogP contribution in [-0.4, -0.2) is 46.9 Å². The number of piperidine rings is 1. The Bertz CT molecular complexity index is 616. The number of aromatic nitrogens is 2. The first-order valence-electron chi connectivity index (χ1n) is 13.1. The molecule has 1 fully saturated rings. The second kappa shape index (κ2) is 17.0. The van der Waals surface area contributed by atoms with E-state index in [1.165, 1.54) is 51.4 Å². The molecule has 1 aromatic rings. The first kappa shape index (κ1) is 28.5. The Morgan fingerprint density at radius 2 is 1.56 bits per heavy atom. The second-order valence-corrected chi connectivity index (χ2v) is 10.2. The van der Waals surface area contributed by atoms with Crippen molar-refractivity contribution in [2.75, 3.05) is 20.1 Å². The molecular formula is C27H49N3O2. The number of likely N-dealkylation sites (tertiary alicyclic amines) is 1. The van der Waals surface area contributed by atoms with Crippen molar-refractivity contribution >= 4 is 12.1 Å². The standard InChI is InChI=1S/C14H28O.C13H21N3O/c1-14(2)12-10-8-6-4-3-5-7-9-11-13-15;1-10(2)13(17)11-8-14-16(9-11)12-4-6-15(3)7-5-12/h13-14H,3-12H2,1-2H3;8-10,12H,4-7H2,1-3H3. The number of aldehydes is 1. The third kappa shape index (κ3) is 12.5. The average Bonchev–Trinajstić information content (AvgIpc) is 3.25. The maximum atomic E-state index is 11.8. The molecule has 5 heteroatoms. The number of unbranched alkanes of at least 4 members (excludes halogenated alkanes) is 8. The van der Waals surface area contributed by atoms with Crippen molar-refractivity contribution < 1.29 is 9.59 Å². The van der Waals surface area contributed by atoms with Gasteiger partial charge in [-0.2, -0.15) is 5.10 Å². The molecule has 0 atom stereocenters. The zero-order chi connectivity index (χ0) is 23.8. The third-order valence-corrected chi connectivity index (χ3v) is 6.33. The summed E-state index contributed by atoms with van der Waals surface area (Å²) in [6, 6.07) is 0.458. The summed E-state index contributed by atoms with van der Waals surface area (Å²) in [6.07, 6.45) is 19.7. The lowest BCUT2D eigenvalue weighted by molar-refractivity contribution is -0.107. The van der Waals surface area contributed by atoms with Gasteiger partial charge in [-0.15, -0.1) is 0 Å². The predicted molar refractivity (Wildman–Crippen MR) is 134 cm³/mol. The minimum atomic E-state index is 0.0464. The van der Waals surface area contributed by atoms with Gasteiger partial charge in [-0.3, -0.25) is 9.48 Å². The molecule has 0 aromatic carbocycles. The van der Waals surface area contributed by atoms with Crippen LogP contribution in [0.15, 0.2) is 12.4 Å². The molecule has 2 rings (SSSR count). The molecule has 1 aromatic heterocycles. The van der Waals surface area contributed by atoms with Crippen LogP contribution >= 0.6 is 0 Å². The zero-order valence-corrected chi connectivity index (χ0v) is 21.5. The minimum Gasteiger partial charge on any atom is -0.306 e. The summed E-state index contributed by atoms with van der Waals surface area (Å²) in [5.74, 6) is 1.10. The number of hydrogen-bond acceptors (Lipinski definition) is 4. The van der Waals surface area contributed by atoms with Gasteiger partial charge in [0, 0.05) is 18.5 Å². The van der Waals surface area contributed by atoms with Crippen LogP contribution in [0.5, 0.6) is 0 Å². The summed E-state index contributed by atoms with van der Waals surface area (Å²) in [5.41, 5.74) is 0.749. The molecular weight excluding hydrogens is 398 g/mol. The first-order chi connectivity index (χ1) is 15.3. The molecule has 0 N–H and O–H groups in total. The maximum Gasteiger partial charge on any atom is 0.168 e. The predicted octanol–water partition coefficient (Wildman–Crippen LogP) is 6.73. The number of nitrogens with zero attached hydrogens (tertiary/aromatic N) is 3. The number of hydrogen-bond donors (Lipinski definition) is 0. The number of rotatable bonds is 14. The fraction of sp³-hybridized carbons (Fsp3) is 0.815. The Hall–Kier alpha value is -1.49. The van der Waals surface area contributed by atoms with Gasteiger partial charge in [0.15, 0.2) is 5.78 Å². The largest absolute Gasteiger partial charge is 0.306 e. The van der Waals surface area contributed by atoms with Gasteiger partial charge in [0.2, 0.25) is 0 Å². The first-order valence-corrected chi connectivity index (χ1v) is 13.1. The molecule has 184 valence electrons. The molecule has 0 amide bonds. The van der Waals surface area contributed by atoms with Crippen molar-refractivity contribution in [1.29, 1.82) is 0 Å². The summed E-state index contributed by atoms with van der Waals surface area (Å²) in [7, 11) is 2.15. The fourth-order valence-corrected chi connectivity index (χ4v) is 4.10. The van der Waals surface area contributed by atoms with Crippen molar-refractivity contribution in [3.63, 3.8) is 0 Å². The van der Waals surface area contributed by atoms with Gasteiger partial charge in [-0.1, -0.05) is 79.1 Å². The third-order valence-electron chi connectivity index (χ3n) is 6.33. The molecule has 0 bridgehead atoms. The maximum absolute atomic E-state index is 11.8. The number of ketones is 1. The minimum absolute atomic E-state index is 0.0464. The summed E-state index contributed by atoms with van der Waals surface area (Å²) < 4.78 is 1.97. The molecule has 32 heavy (non-hydrogen) atoms. The second-order valence-electron chi connectivity index (χ2n) is 10.2. The van der Waals surface area contributed by atoms with Gasteiger partial charge in [-0.25, -0.2) is 0 Å². The molecule has 0 unspecified atom stereocenters. The Morgan fingerprint density at radius 3 is 2.09 bits per heavy atom. The van der Waals surface area contributed by atoms with Gasteiger partial charge >= 0.3 is 0 Å². The van der Waals surface area contributed by atoms with Crippen LogP contribution in [0.25, 0.3) is 0 Å². The van der Waals surface area contributed by atoms with Crippen LogP contribution < -0.4 is 0 Å². The van der Waals surface area contributed by atoms with Gasteiger partial charge in [0.25, 0.3) is 0 Å². The molecule has 1 aliphatic rings. The Morgan fingerprint density at radius 1 is 1.00 bits per heavy atom. The van der Waals surface area contributed by atoms with Crippen LogP contribution in [0.2, 0.25) is 0 Å². The van der Waals surface area contributed by atoms with Crippen LogP contribution in [-0.2, 0) is 4.79 Å². The lowest BCUT2D eigenvalue weighted by atomic mass is 10.0. The Balaban J connectivity index is 0.000000324. The van der Waals surface area contributed by atoms with Gasteiger partial charge in [0.1, 0.15) is 6.29 Å². The van der Waals surface area contributed by atoms with E-state index in [2.05, 4.69) is 30.9 Å². The molecule has 0 radical (unpaired) electrons. The van der Waals surface area contributed by atoms with E-state index in [1.54, 1.807) is 6.20 Å². The van der Waals surface area contributed by atoms with Crippen LogP contribution in [0.4, 0.5) is 0 Å². The van der Waals surface area contributed by atoms with E-state index >= 15 is 0 Å². The smallest absolute Gasteiger partial charge is 0.168 e. The van der Waals surface area contributed by atoms with Crippen molar-refractivity contribution in [3.05, 3.63) is 18.0 Å². The van der Waals surface area contributed by atoms with Crippen molar-refractivity contribution in [3.8, 4) is 0 Å². The summed E-state index contributed by atoms with van der Waals surface area (Å²) >= 11 is 0. The van der Waals surface area contributed by atoms with E-state index in [0.29, 0.717) is 6.04 Å². The van der Waals surface area contributed by atoms with E-state index in [-0.39, 0.29) is 11.7 Å². The van der Waals surface area contributed by atoms with Crippen molar-refractivity contribution in [2.45, 2.75) is 111 Å². The van der Waals surface area contributed by atoms with E-state index in [1.807, 2.05) is 24.7 Å². The molecule has 0 spiro atoms. The van der Waals surface area contributed by atoms with Crippen LogP contribution in [0, 0.1) is 11.8 Å². The zero-order valence-electron chi connectivity index (χ0n) is 21.5. The van der Waals surface area contributed by atoms with Gasteiger partial charge < -0.3 is 9.69 Å². The normalized spacial score (nSPS) is 15.1. The fourth-order valence-electron chi connectivity index (χ4n) is 4.10. The van der Waals surface area contributed by atoms with Gasteiger partial charge in [0.05, 0.1) is 17.8 Å². The Kier molecular flexibility index (Phi) is 15.2. The summed E-state index contributed by atoms with van der Waals surface area (Å²) in [6.45, 7) is 10.7. The molecule has 1 saturated heterocycles. The van der Waals surface area contributed by atoms with Crippen LogP contribution in [0.3, 0.4) is 0 Å². The van der Waals surface area contributed by atoms with Gasteiger partial charge in [-0.05, 0) is 45.3 Å². The van der Waals surface area contributed by atoms with Crippen molar-refractivity contribution in [1.82, 2.24) is 14.7 Å². The lowest BCUT2D eigenvalue weighted by Gasteiger charge is -2.28. The summed E-state index contributed by atoms with van der Waals surface area (Å²) in [5, 5.41) is 4.35. The molecule has 0 saturated carbocycles. The number of carbonyl (C=O) groups is 2. The van der Waals surface area contributed by atoms with E-state index in [9.17, 15) is 9.59 Å². The van der Waals surface area contributed by atoms with Crippen LogP contribution in [0.1, 0.15) is 121 Å². The lowest BCUT2D eigenvalue weighted by Crippen LogP contribution is -2.31. The highest BCUT2D eigenvalue weighted by atomic mass is 16.1. The quantitative estimate of drug-likeness (QED) is 0.180. The molecule has 1 aliphatic heterocycles. The number of carbonyl (C=O) groups excluding carboxylic acids is 2. The van der Waals surface area contributed by atoms with E-state index < -0.39 is 0 Å². The topological polar surface area (TPSA) is 55.2 Å². The van der Waals surface area contributed by atoms with Crippen molar-refractivity contribution in [2.24, 2.45) is 11.8 Å². The van der Waals surface area contributed by atoms with E-state index in [4.69, 9.17) is 0 Å². The highest BCUT2D eigenvalue weighted by molar-refractivity contribution is 5.96. The monoisotopic (exact) mass is 447 g/mol. The number of Topliss-reactive ketones (excluding diaryl/α,β-unsaturated/α-hetero) is 1. The summed E-state index contributed by atoms with van der Waals surface area (Å²) in [4.78, 5) is 24.2. The SMILES string of the molecule is CC(C)C(=O)c1cnn(C2CCN(C)CC2)c1.CC(C)CCCCCCCCCCC=O. The van der Waals surface area contributed by atoms with E-state index in [0.717, 1.165) is 56.5 Å². The molecule has 0 aliphatic carbocycles. The molecule has 5 nitrogen and oxygen atoms in total. The Labute approximate surface area is 197 Å². The average molecular weight is 448 g/mol. The molecule has 2 heterocycles. The highest BCUT2D eigenvalue weighted by Crippen LogP contribution is 2.21.